The molecule has 0 unspecified atom stereocenters. The highest BCUT2D eigenvalue weighted by molar-refractivity contribution is 7.91. The predicted octanol–water partition coefficient (Wildman–Crippen LogP) is 1.73. The zero-order valence-corrected chi connectivity index (χ0v) is 15.6. The van der Waals surface area contributed by atoms with Crippen LogP contribution in [0.3, 0.4) is 0 Å². The third-order valence-corrected chi connectivity index (χ3v) is 7.26. The summed E-state index contributed by atoms with van der Waals surface area (Å²) in [5.41, 5.74) is 0. The summed E-state index contributed by atoms with van der Waals surface area (Å²) in [5.74, 6) is 0.243. The van der Waals surface area contributed by atoms with E-state index in [4.69, 9.17) is 5.26 Å². The summed E-state index contributed by atoms with van der Waals surface area (Å²) in [5, 5.41) is 12.3. The van der Waals surface area contributed by atoms with Gasteiger partial charge in [0.1, 0.15) is 6.04 Å². The van der Waals surface area contributed by atoms with Crippen molar-refractivity contribution in [2.24, 2.45) is 5.92 Å². The van der Waals surface area contributed by atoms with Crippen LogP contribution in [-0.2, 0) is 14.6 Å². The average molecular weight is 375 g/mol. The molecule has 1 amide bonds. The molecule has 0 bridgehead atoms. The number of nitrogens with zero attached hydrogens (tertiary/aromatic N) is 2. The molecule has 1 aliphatic carbocycles. The SMILES string of the molecule is N#C[C@@H]1CCCN1C(=O)CN[C@H]1CC[C@@H](CS(=O)(=O)c2ccccc2)C1. The Bertz CT molecular complexity index is 773. The number of hydrogen-bond acceptors (Lipinski definition) is 5. The fourth-order valence-corrected chi connectivity index (χ4v) is 5.67. The monoisotopic (exact) mass is 375 g/mol. The number of sulfone groups is 1. The average Bonchev–Trinajstić information content (AvgIpc) is 3.29. The van der Waals surface area contributed by atoms with Crippen LogP contribution in [0.4, 0.5) is 0 Å². The molecule has 2 fully saturated rings. The predicted molar refractivity (Wildman–Crippen MR) is 98.0 cm³/mol. The molecule has 3 atom stereocenters. The molecule has 2 aliphatic rings. The summed E-state index contributed by atoms with van der Waals surface area (Å²) in [4.78, 5) is 14.3. The van der Waals surface area contributed by atoms with Crippen molar-refractivity contribution in [1.29, 1.82) is 5.26 Å². The number of nitriles is 1. The third kappa shape index (κ3) is 4.43. The normalized spacial score (nSPS) is 26.0. The molecule has 1 saturated carbocycles. The van der Waals surface area contributed by atoms with E-state index in [9.17, 15) is 13.2 Å². The molecule has 1 aliphatic heterocycles. The number of benzene rings is 1. The summed E-state index contributed by atoms with van der Waals surface area (Å²) >= 11 is 0. The van der Waals surface area contributed by atoms with Crippen LogP contribution in [0.25, 0.3) is 0 Å². The minimum atomic E-state index is -3.26. The minimum Gasteiger partial charge on any atom is -0.326 e. The number of nitrogens with one attached hydrogen (secondary N) is 1. The number of amides is 1. The molecule has 1 aromatic rings. The lowest BCUT2D eigenvalue weighted by Crippen LogP contribution is -2.43. The summed E-state index contributed by atoms with van der Waals surface area (Å²) in [6, 6.07) is 10.6. The van der Waals surface area contributed by atoms with E-state index in [2.05, 4.69) is 11.4 Å². The number of carbonyl (C=O) groups excluding carboxylic acids is 1. The first-order valence-corrected chi connectivity index (χ1v) is 10.8. The van der Waals surface area contributed by atoms with Gasteiger partial charge in [0, 0.05) is 12.6 Å². The summed E-state index contributed by atoms with van der Waals surface area (Å²) in [6.45, 7) is 0.877. The maximum absolute atomic E-state index is 12.5. The maximum Gasteiger partial charge on any atom is 0.237 e. The van der Waals surface area contributed by atoms with Gasteiger partial charge in [0.05, 0.1) is 23.3 Å². The fourth-order valence-electron chi connectivity index (χ4n) is 3.98. The van der Waals surface area contributed by atoms with E-state index >= 15 is 0 Å². The molecule has 1 heterocycles. The van der Waals surface area contributed by atoms with E-state index < -0.39 is 9.84 Å². The van der Waals surface area contributed by atoms with Crippen LogP contribution in [0.2, 0.25) is 0 Å². The molecule has 0 aromatic heterocycles. The van der Waals surface area contributed by atoms with E-state index in [0.717, 1.165) is 32.1 Å². The molecular weight excluding hydrogens is 350 g/mol. The molecule has 6 nitrogen and oxygen atoms in total. The zero-order valence-electron chi connectivity index (χ0n) is 14.8. The largest absolute Gasteiger partial charge is 0.326 e. The summed E-state index contributed by atoms with van der Waals surface area (Å²) < 4.78 is 25.0. The molecule has 26 heavy (non-hydrogen) atoms. The molecule has 0 radical (unpaired) electrons. The Kier molecular flexibility index (Phi) is 5.94. The van der Waals surface area contributed by atoms with Gasteiger partial charge in [0.2, 0.25) is 5.91 Å². The molecule has 1 aromatic carbocycles. The van der Waals surface area contributed by atoms with Crippen molar-refractivity contribution in [1.82, 2.24) is 10.2 Å². The van der Waals surface area contributed by atoms with E-state index in [1.165, 1.54) is 0 Å². The van der Waals surface area contributed by atoms with Crippen molar-refractivity contribution in [3.05, 3.63) is 30.3 Å². The second-order valence-electron chi connectivity index (χ2n) is 7.23. The lowest BCUT2D eigenvalue weighted by atomic mass is 10.1. The topological polar surface area (TPSA) is 90.3 Å². The van der Waals surface area contributed by atoms with Crippen molar-refractivity contribution in [2.75, 3.05) is 18.8 Å². The van der Waals surface area contributed by atoms with E-state index in [1.807, 2.05) is 6.07 Å². The summed E-state index contributed by atoms with van der Waals surface area (Å²) in [6.07, 6.45) is 4.13. The molecule has 1 N–H and O–H groups in total. The second-order valence-corrected chi connectivity index (χ2v) is 9.26. The van der Waals surface area contributed by atoms with Crippen LogP contribution in [0.15, 0.2) is 35.2 Å². The van der Waals surface area contributed by atoms with Crippen molar-refractivity contribution in [3.8, 4) is 6.07 Å². The van der Waals surface area contributed by atoms with Gasteiger partial charge in [0.15, 0.2) is 9.84 Å². The Labute approximate surface area is 155 Å². The Morgan fingerprint density at radius 3 is 2.73 bits per heavy atom. The Morgan fingerprint density at radius 1 is 1.23 bits per heavy atom. The zero-order chi connectivity index (χ0) is 18.6. The summed E-state index contributed by atoms with van der Waals surface area (Å²) in [7, 11) is -3.26. The number of hydrogen-bond donors (Lipinski definition) is 1. The Hall–Kier alpha value is -1.91. The molecule has 7 heteroatoms. The molecule has 3 rings (SSSR count). The minimum absolute atomic E-state index is 0.0330. The Morgan fingerprint density at radius 2 is 2.00 bits per heavy atom. The van der Waals surface area contributed by atoms with Crippen molar-refractivity contribution < 1.29 is 13.2 Å². The van der Waals surface area contributed by atoms with Crippen LogP contribution < -0.4 is 5.32 Å². The van der Waals surface area contributed by atoms with Crippen molar-refractivity contribution >= 4 is 15.7 Å². The van der Waals surface area contributed by atoms with Crippen molar-refractivity contribution in [2.45, 2.75) is 49.1 Å². The van der Waals surface area contributed by atoms with Crippen LogP contribution >= 0.6 is 0 Å². The molecule has 140 valence electrons. The second kappa shape index (κ2) is 8.19. The van der Waals surface area contributed by atoms with Gasteiger partial charge in [-0.2, -0.15) is 5.26 Å². The quantitative estimate of drug-likeness (QED) is 0.818. The lowest BCUT2D eigenvalue weighted by Gasteiger charge is -2.21. The molecular formula is C19H25N3O3S. The number of carbonyl (C=O) groups is 1. The van der Waals surface area contributed by atoms with E-state index in [0.29, 0.717) is 11.4 Å². The number of likely N-dealkylation sites (tertiary alicyclic amines) is 1. The smallest absolute Gasteiger partial charge is 0.237 e. The van der Waals surface area contributed by atoms with Crippen molar-refractivity contribution in [3.63, 3.8) is 0 Å². The Balaban J connectivity index is 1.47. The van der Waals surface area contributed by atoms with Gasteiger partial charge in [-0.05, 0) is 50.2 Å². The first kappa shape index (κ1) is 18.9. The van der Waals surface area contributed by atoms with E-state index in [-0.39, 0.29) is 36.2 Å². The molecule has 0 spiro atoms. The van der Waals surface area contributed by atoms with Crippen LogP contribution in [0.1, 0.15) is 32.1 Å². The standard InChI is InChI=1S/C19H25N3O3S/c20-12-17-5-4-10-22(17)19(23)13-21-16-9-8-15(11-16)14-26(24,25)18-6-2-1-3-7-18/h1-3,6-7,15-17,21H,4-5,8-11,13-14H2/t15-,16+,17+/m1/s1. The van der Waals surface area contributed by atoms with Gasteiger partial charge in [-0.3, -0.25) is 4.79 Å². The van der Waals surface area contributed by atoms with Gasteiger partial charge in [-0.1, -0.05) is 18.2 Å². The fraction of sp³-hybridized carbons (Fsp3) is 0.579. The third-order valence-electron chi connectivity index (χ3n) is 5.36. The van der Waals surface area contributed by atoms with Gasteiger partial charge < -0.3 is 10.2 Å². The van der Waals surface area contributed by atoms with Gasteiger partial charge >= 0.3 is 0 Å². The first-order chi connectivity index (χ1) is 12.5. The highest BCUT2D eigenvalue weighted by atomic mass is 32.2. The van der Waals surface area contributed by atoms with Gasteiger partial charge in [-0.15, -0.1) is 0 Å². The van der Waals surface area contributed by atoms with E-state index in [1.54, 1.807) is 29.2 Å². The lowest BCUT2D eigenvalue weighted by molar-refractivity contribution is -0.130. The number of rotatable bonds is 6. The molecule has 1 saturated heterocycles. The highest BCUT2D eigenvalue weighted by Crippen LogP contribution is 2.28. The van der Waals surface area contributed by atoms with Gasteiger partial charge in [0.25, 0.3) is 0 Å². The van der Waals surface area contributed by atoms with Crippen LogP contribution in [0, 0.1) is 17.2 Å². The van der Waals surface area contributed by atoms with Crippen LogP contribution in [0.5, 0.6) is 0 Å². The van der Waals surface area contributed by atoms with Gasteiger partial charge in [-0.25, -0.2) is 8.42 Å². The highest BCUT2D eigenvalue weighted by Gasteiger charge is 2.31. The maximum atomic E-state index is 12.5. The first-order valence-electron chi connectivity index (χ1n) is 9.20. The van der Waals surface area contributed by atoms with Crippen LogP contribution in [-0.4, -0.2) is 50.2 Å².